The van der Waals surface area contributed by atoms with Gasteiger partial charge in [-0.2, -0.15) is 4.98 Å². The summed E-state index contributed by atoms with van der Waals surface area (Å²) in [6, 6.07) is 26.2. The third kappa shape index (κ3) is 4.00. The number of aromatic nitrogens is 2. The predicted molar refractivity (Wildman–Crippen MR) is 121 cm³/mol. The molecule has 0 bridgehead atoms. The molecule has 1 fully saturated rings. The summed E-state index contributed by atoms with van der Waals surface area (Å²) < 4.78 is 5.42. The van der Waals surface area contributed by atoms with Crippen molar-refractivity contribution < 1.29 is 14.1 Å². The normalized spacial score (nSPS) is 15.7. The van der Waals surface area contributed by atoms with Gasteiger partial charge in [-0.05, 0) is 30.3 Å². The third-order valence-electron chi connectivity index (χ3n) is 5.40. The Morgan fingerprint density at radius 2 is 1.66 bits per heavy atom. The molecular formula is C25H20N4O3. The van der Waals surface area contributed by atoms with E-state index in [-0.39, 0.29) is 18.2 Å². The first-order valence-corrected chi connectivity index (χ1v) is 10.3. The monoisotopic (exact) mass is 424 g/mol. The van der Waals surface area contributed by atoms with Crippen molar-refractivity contribution in [3.63, 3.8) is 0 Å². The molecule has 1 aliphatic rings. The molecule has 1 aromatic heterocycles. The lowest BCUT2D eigenvalue weighted by molar-refractivity contribution is -0.122. The van der Waals surface area contributed by atoms with Gasteiger partial charge in [0.25, 0.3) is 5.89 Å². The summed E-state index contributed by atoms with van der Waals surface area (Å²) in [7, 11) is 0. The molecule has 1 aliphatic heterocycles. The van der Waals surface area contributed by atoms with Gasteiger partial charge in [-0.15, -0.1) is 0 Å². The van der Waals surface area contributed by atoms with Crippen molar-refractivity contribution in [2.24, 2.45) is 5.92 Å². The Kier molecular flexibility index (Phi) is 5.21. The maximum absolute atomic E-state index is 12.8. The number of carbonyl (C=O) groups excluding carboxylic acids is 2. The van der Waals surface area contributed by atoms with Gasteiger partial charge in [0.1, 0.15) is 0 Å². The summed E-state index contributed by atoms with van der Waals surface area (Å²) in [5.74, 6) is 0.208. The Bertz CT molecular complexity index is 1250. The average molecular weight is 424 g/mol. The van der Waals surface area contributed by atoms with E-state index in [9.17, 15) is 9.59 Å². The van der Waals surface area contributed by atoms with Gasteiger partial charge in [-0.25, -0.2) is 0 Å². The number of amides is 2. The van der Waals surface area contributed by atoms with Crippen molar-refractivity contribution in [1.29, 1.82) is 0 Å². The standard InChI is InChI=1S/C25H20N4O3/c30-22-15-19(16-29(22)21-12-5-2-6-13-21)24(31)26-20-11-7-10-18(14-20)25-27-23(28-32-25)17-8-3-1-4-9-17/h1-14,19H,15-16H2,(H,26,31)/t19-/m0/s1. The van der Waals surface area contributed by atoms with Crippen LogP contribution in [0, 0.1) is 5.92 Å². The summed E-state index contributed by atoms with van der Waals surface area (Å²) in [5.41, 5.74) is 2.98. The van der Waals surface area contributed by atoms with Crippen LogP contribution in [0.5, 0.6) is 0 Å². The van der Waals surface area contributed by atoms with Crippen molar-refractivity contribution in [3.05, 3.63) is 84.9 Å². The van der Waals surface area contributed by atoms with Crippen molar-refractivity contribution >= 4 is 23.2 Å². The number of anilines is 2. The maximum atomic E-state index is 12.8. The molecule has 1 N–H and O–H groups in total. The van der Waals surface area contributed by atoms with Crippen LogP contribution in [0.15, 0.2) is 89.5 Å². The lowest BCUT2D eigenvalue weighted by Crippen LogP contribution is -2.28. The topological polar surface area (TPSA) is 88.3 Å². The zero-order valence-corrected chi connectivity index (χ0v) is 17.1. The Morgan fingerprint density at radius 3 is 2.44 bits per heavy atom. The lowest BCUT2D eigenvalue weighted by Gasteiger charge is -2.16. The van der Waals surface area contributed by atoms with E-state index in [1.54, 1.807) is 17.0 Å². The molecule has 7 nitrogen and oxygen atoms in total. The maximum Gasteiger partial charge on any atom is 0.258 e. The molecule has 2 amide bonds. The summed E-state index contributed by atoms with van der Waals surface area (Å²) in [6.07, 6.45) is 0.185. The van der Waals surface area contributed by atoms with Crippen LogP contribution in [0.1, 0.15) is 6.42 Å². The lowest BCUT2D eigenvalue weighted by atomic mass is 10.1. The summed E-state index contributed by atoms with van der Waals surface area (Å²) >= 11 is 0. The zero-order chi connectivity index (χ0) is 21.9. The zero-order valence-electron chi connectivity index (χ0n) is 17.1. The second-order valence-electron chi connectivity index (χ2n) is 7.60. The SMILES string of the molecule is O=C(Nc1cccc(-c2nc(-c3ccccc3)no2)c1)[C@H]1CC(=O)N(c2ccccc2)C1. The highest BCUT2D eigenvalue weighted by atomic mass is 16.5. The molecule has 0 radical (unpaired) electrons. The highest BCUT2D eigenvalue weighted by Crippen LogP contribution is 2.27. The molecule has 4 aromatic rings. The van der Waals surface area contributed by atoms with E-state index < -0.39 is 5.92 Å². The van der Waals surface area contributed by atoms with Gasteiger partial charge in [-0.1, -0.05) is 59.8 Å². The van der Waals surface area contributed by atoms with Gasteiger partial charge in [0.15, 0.2) is 0 Å². The molecule has 0 unspecified atom stereocenters. The Morgan fingerprint density at radius 1 is 0.938 bits per heavy atom. The van der Waals surface area contributed by atoms with Crippen LogP contribution >= 0.6 is 0 Å². The number of rotatable bonds is 5. The Balaban J connectivity index is 1.29. The minimum atomic E-state index is -0.417. The Hall–Kier alpha value is -4.26. The molecule has 1 atom stereocenters. The number of hydrogen-bond acceptors (Lipinski definition) is 5. The Labute approximate surface area is 184 Å². The summed E-state index contributed by atoms with van der Waals surface area (Å²) in [6.45, 7) is 0.360. The molecule has 2 heterocycles. The van der Waals surface area contributed by atoms with E-state index >= 15 is 0 Å². The fourth-order valence-corrected chi connectivity index (χ4v) is 3.76. The second-order valence-corrected chi connectivity index (χ2v) is 7.60. The molecule has 0 saturated carbocycles. The molecule has 3 aromatic carbocycles. The molecule has 32 heavy (non-hydrogen) atoms. The van der Waals surface area contributed by atoms with Crippen molar-refractivity contribution in [2.75, 3.05) is 16.8 Å². The van der Waals surface area contributed by atoms with Crippen LogP contribution in [0.4, 0.5) is 11.4 Å². The van der Waals surface area contributed by atoms with Gasteiger partial charge in [0, 0.05) is 35.5 Å². The number of hydrogen-bond donors (Lipinski definition) is 1. The predicted octanol–water partition coefficient (Wildman–Crippen LogP) is 4.40. The number of para-hydroxylation sites is 1. The molecule has 0 aliphatic carbocycles. The van der Waals surface area contributed by atoms with Gasteiger partial charge < -0.3 is 14.7 Å². The van der Waals surface area contributed by atoms with E-state index in [1.165, 1.54) is 0 Å². The summed E-state index contributed by atoms with van der Waals surface area (Å²) in [5, 5.41) is 6.96. The molecule has 1 saturated heterocycles. The van der Waals surface area contributed by atoms with Crippen LogP contribution in [0.25, 0.3) is 22.8 Å². The quantitative estimate of drug-likeness (QED) is 0.513. The molecule has 7 heteroatoms. The van der Waals surface area contributed by atoms with Gasteiger partial charge in [0.05, 0.1) is 5.92 Å². The van der Waals surface area contributed by atoms with Gasteiger partial charge in [0.2, 0.25) is 17.6 Å². The first-order valence-electron chi connectivity index (χ1n) is 10.3. The molecule has 0 spiro atoms. The highest BCUT2D eigenvalue weighted by molar-refractivity contribution is 6.03. The van der Waals surface area contributed by atoms with Gasteiger partial charge in [-0.3, -0.25) is 9.59 Å². The van der Waals surface area contributed by atoms with E-state index in [0.717, 1.165) is 11.3 Å². The number of benzene rings is 3. The largest absolute Gasteiger partial charge is 0.334 e. The van der Waals surface area contributed by atoms with Crippen molar-refractivity contribution in [2.45, 2.75) is 6.42 Å². The van der Waals surface area contributed by atoms with E-state index in [2.05, 4.69) is 15.5 Å². The van der Waals surface area contributed by atoms with Crippen LogP contribution < -0.4 is 10.2 Å². The smallest absolute Gasteiger partial charge is 0.258 e. The highest BCUT2D eigenvalue weighted by Gasteiger charge is 2.35. The van der Waals surface area contributed by atoms with Crippen LogP contribution in [-0.2, 0) is 9.59 Å². The van der Waals surface area contributed by atoms with Crippen LogP contribution in [0.3, 0.4) is 0 Å². The molecular weight excluding hydrogens is 404 g/mol. The molecule has 158 valence electrons. The number of carbonyl (C=O) groups is 2. The van der Waals surface area contributed by atoms with Crippen molar-refractivity contribution in [1.82, 2.24) is 10.1 Å². The minimum Gasteiger partial charge on any atom is -0.334 e. The first-order chi connectivity index (χ1) is 15.7. The summed E-state index contributed by atoms with van der Waals surface area (Å²) in [4.78, 5) is 31.4. The fraction of sp³-hybridized carbons (Fsp3) is 0.120. The minimum absolute atomic E-state index is 0.0515. The third-order valence-corrected chi connectivity index (χ3v) is 5.40. The van der Waals surface area contributed by atoms with E-state index in [1.807, 2.05) is 72.8 Å². The average Bonchev–Trinajstić information content (AvgIpc) is 3.48. The van der Waals surface area contributed by atoms with Crippen molar-refractivity contribution in [3.8, 4) is 22.8 Å². The first kappa shape index (κ1) is 19.7. The molecule has 5 rings (SSSR count). The van der Waals surface area contributed by atoms with Crippen LogP contribution in [0.2, 0.25) is 0 Å². The van der Waals surface area contributed by atoms with E-state index in [4.69, 9.17) is 4.52 Å². The number of nitrogens with one attached hydrogen (secondary N) is 1. The van der Waals surface area contributed by atoms with E-state index in [0.29, 0.717) is 29.5 Å². The second kappa shape index (κ2) is 8.47. The van der Waals surface area contributed by atoms with Gasteiger partial charge >= 0.3 is 0 Å². The number of nitrogens with zero attached hydrogens (tertiary/aromatic N) is 3. The fourth-order valence-electron chi connectivity index (χ4n) is 3.76. The van der Waals surface area contributed by atoms with Crippen LogP contribution in [-0.4, -0.2) is 28.5 Å².